The molecule has 0 bridgehead atoms. The summed E-state index contributed by atoms with van der Waals surface area (Å²) < 4.78 is 5.24. The van der Waals surface area contributed by atoms with Crippen LogP contribution >= 0.6 is 0 Å². The second-order valence-electron chi connectivity index (χ2n) is 7.57. The van der Waals surface area contributed by atoms with Crippen molar-refractivity contribution in [1.29, 1.82) is 0 Å². The third kappa shape index (κ3) is 3.78. The Morgan fingerprint density at radius 2 is 1.96 bits per heavy atom. The highest BCUT2D eigenvalue weighted by Crippen LogP contribution is 2.32. The molecule has 1 fully saturated rings. The predicted octanol–water partition coefficient (Wildman–Crippen LogP) is 3.39. The first-order valence-corrected chi connectivity index (χ1v) is 9.64. The fraction of sp³-hybridized carbons (Fsp3) is 0.409. The zero-order valence-corrected chi connectivity index (χ0v) is 16.0. The standard InChI is InChI=1S/C22H27N3O2/c1-15-9-20(17-5-7-21(27-2)8-6-17)14-25(15)22(26)24-11-16-3-4-18-12-23-13-19(18)10-16/h3-8,10,15,20,23H,9,11-14H2,1-2H3,(H,24,26). The monoisotopic (exact) mass is 365 g/mol. The minimum atomic E-state index is 0.0251. The number of hydrogen-bond acceptors (Lipinski definition) is 3. The largest absolute Gasteiger partial charge is 0.497 e. The number of carbonyl (C=O) groups excluding carboxylic acids is 1. The number of urea groups is 1. The van der Waals surface area contributed by atoms with Gasteiger partial charge in [0.25, 0.3) is 0 Å². The summed E-state index contributed by atoms with van der Waals surface area (Å²) in [5.74, 6) is 1.24. The molecule has 2 aliphatic heterocycles. The molecule has 2 amide bonds. The molecule has 0 aromatic heterocycles. The van der Waals surface area contributed by atoms with Gasteiger partial charge < -0.3 is 20.3 Å². The van der Waals surface area contributed by atoms with E-state index in [1.54, 1.807) is 7.11 Å². The van der Waals surface area contributed by atoms with Gasteiger partial charge in [-0.1, -0.05) is 30.3 Å². The van der Waals surface area contributed by atoms with E-state index in [0.717, 1.165) is 37.4 Å². The van der Waals surface area contributed by atoms with Gasteiger partial charge in [-0.25, -0.2) is 4.79 Å². The molecule has 1 saturated heterocycles. The number of hydrogen-bond donors (Lipinski definition) is 2. The highest BCUT2D eigenvalue weighted by atomic mass is 16.5. The summed E-state index contributed by atoms with van der Waals surface area (Å²) in [6.07, 6.45) is 0.990. The van der Waals surface area contributed by atoms with Gasteiger partial charge in [-0.05, 0) is 47.7 Å². The zero-order valence-electron chi connectivity index (χ0n) is 16.0. The van der Waals surface area contributed by atoms with Crippen LogP contribution in [0.15, 0.2) is 42.5 Å². The summed E-state index contributed by atoms with van der Waals surface area (Å²) in [5, 5.41) is 6.45. The van der Waals surface area contributed by atoms with E-state index in [1.807, 2.05) is 17.0 Å². The van der Waals surface area contributed by atoms with E-state index in [0.29, 0.717) is 12.5 Å². The lowest BCUT2D eigenvalue weighted by Gasteiger charge is -2.22. The summed E-state index contributed by atoms with van der Waals surface area (Å²) in [5.41, 5.74) is 5.13. The van der Waals surface area contributed by atoms with E-state index >= 15 is 0 Å². The number of methoxy groups -OCH3 is 1. The Morgan fingerprint density at radius 3 is 2.74 bits per heavy atom. The van der Waals surface area contributed by atoms with Gasteiger partial charge in [0.2, 0.25) is 0 Å². The Kier molecular flexibility index (Phi) is 5.03. The van der Waals surface area contributed by atoms with Crippen molar-refractivity contribution in [2.45, 2.75) is 44.9 Å². The first-order chi connectivity index (χ1) is 13.1. The summed E-state index contributed by atoms with van der Waals surface area (Å²) in [6.45, 7) is 5.32. The number of likely N-dealkylation sites (tertiary alicyclic amines) is 1. The molecule has 27 heavy (non-hydrogen) atoms. The molecule has 2 atom stereocenters. The maximum atomic E-state index is 12.7. The van der Waals surface area contributed by atoms with E-state index in [9.17, 15) is 4.79 Å². The molecule has 0 aliphatic carbocycles. The maximum Gasteiger partial charge on any atom is 0.317 e. The van der Waals surface area contributed by atoms with Gasteiger partial charge in [-0.2, -0.15) is 0 Å². The van der Waals surface area contributed by atoms with Gasteiger partial charge in [0.1, 0.15) is 5.75 Å². The Bertz CT molecular complexity index is 819. The van der Waals surface area contributed by atoms with Crippen molar-refractivity contribution in [3.8, 4) is 5.75 Å². The van der Waals surface area contributed by atoms with Gasteiger partial charge in [-0.3, -0.25) is 0 Å². The van der Waals surface area contributed by atoms with Crippen LogP contribution < -0.4 is 15.4 Å². The SMILES string of the molecule is COc1ccc(C2CC(C)N(C(=O)NCc3ccc4c(c3)CNC4)C2)cc1. The van der Waals surface area contributed by atoms with Crippen LogP contribution in [0.1, 0.15) is 41.5 Å². The van der Waals surface area contributed by atoms with E-state index in [4.69, 9.17) is 4.74 Å². The van der Waals surface area contributed by atoms with Crippen molar-refractivity contribution in [2.24, 2.45) is 0 Å². The summed E-state index contributed by atoms with van der Waals surface area (Å²) in [4.78, 5) is 14.7. The maximum absolute atomic E-state index is 12.7. The quantitative estimate of drug-likeness (QED) is 0.873. The van der Waals surface area contributed by atoms with Gasteiger partial charge >= 0.3 is 6.03 Å². The Morgan fingerprint density at radius 1 is 1.19 bits per heavy atom. The molecular weight excluding hydrogens is 338 g/mol. The third-order valence-electron chi connectivity index (χ3n) is 5.77. The molecule has 5 nitrogen and oxygen atoms in total. The molecule has 142 valence electrons. The smallest absolute Gasteiger partial charge is 0.317 e. The molecule has 0 radical (unpaired) electrons. The predicted molar refractivity (Wildman–Crippen MR) is 106 cm³/mol. The van der Waals surface area contributed by atoms with Gasteiger partial charge in [-0.15, -0.1) is 0 Å². The van der Waals surface area contributed by atoms with Crippen LogP contribution in [0, 0.1) is 0 Å². The molecule has 4 rings (SSSR count). The number of ether oxygens (including phenoxy) is 1. The van der Waals surface area contributed by atoms with Crippen LogP contribution in [0.2, 0.25) is 0 Å². The lowest BCUT2D eigenvalue weighted by atomic mass is 9.97. The lowest BCUT2D eigenvalue weighted by Crippen LogP contribution is -2.41. The number of carbonyl (C=O) groups is 1. The van der Waals surface area contributed by atoms with Crippen molar-refractivity contribution < 1.29 is 9.53 Å². The van der Waals surface area contributed by atoms with Crippen molar-refractivity contribution in [1.82, 2.24) is 15.5 Å². The number of amides is 2. The minimum Gasteiger partial charge on any atom is -0.497 e. The fourth-order valence-corrected chi connectivity index (χ4v) is 4.17. The zero-order chi connectivity index (χ0) is 18.8. The number of nitrogens with zero attached hydrogens (tertiary/aromatic N) is 1. The summed E-state index contributed by atoms with van der Waals surface area (Å²) >= 11 is 0. The summed E-state index contributed by atoms with van der Waals surface area (Å²) in [6, 6.07) is 14.9. The van der Waals surface area contributed by atoms with Crippen molar-refractivity contribution in [3.05, 3.63) is 64.7 Å². The number of benzene rings is 2. The number of nitrogens with one attached hydrogen (secondary N) is 2. The van der Waals surface area contributed by atoms with Crippen LogP contribution in [0.25, 0.3) is 0 Å². The average molecular weight is 365 g/mol. The highest BCUT2D eigenvalue weighted by molar-refractivity contribution is 5.75. The first-order valence-electron chi connectivity index (χ1n) is 9.64. The lowest BCUT2D eigenvalue weighted by molar-refractivity contribution is 0.195. The number of rotatable bonds is 4. The molecule has 2 aromatic rings. The molecule has 2 aromatic carbocycles. The van der Waals surface area contributed by atoms with Crippen LogP contribution in [-0.2, 0) is 19.6 Å². The molecule has 2 N–H and O–H groups in total. The van der Waals surface area contributed by atoms with E-state index < -0.39 is 0 Å². The minimum absolute atomic E-state index is 0.0251. The van der Waals surface area contributed by atoms with E-state index in [2.05, 4.69) is 47.9 Å². The molecule has 0 saturated carbocycles. The Hall–Kier alpha value is -2.53. The van der Waals surface area contributed by atoms with Gasteiger partial charge in [0.15, 0.2) is 0 Å². The van der Waals surface area contributed by atoms with Crippen LogP contribution in [-0.4, -0.2) is 30.6 Å². The van der Waals surface area contributed by atoms with Gasteiger partial charge in [0.05, 0.1) is 7.11 Å². The fourth-order valence-electron chi connectivity index (χ4n) is 4.17. The second-order valence-corrected chi connectivity index (χ2v) is 7.57. The second kappa shape index (κ2) is 7.61. The molecule has 2 heterocycles. The van der Waals surface area contributed by atoms with Gasteiger partial charge in [0, 0.05) is 38.1 Å². The van der Waals surface area contributed by atoms with Crippen LogP contribution in [0.3, 0.4) is 0 Å². The molecule has 0 spiro atoms. The molecular formula is C22H27N3O2. The van der Waals surface area contributed by atoms with Crippen molar-refractivity contribution in [3.63, 3.8) is 0 Å². The first kappa shape index (κ1) is 17.9. The highest BCUT2D eigenvalue weighted by Gasteiger charge is 2.33. The number of fused-ring (bicyclic) bond motifs is 1. The Balaban J connectivity index is 1.35. The van der Waals surface area contributed by atoms with Crippen molar-refractivity contribution in [2.75, 3.05) is 13.7 Å². The van der Waals surface area contributed by atoms with Crippen LogP contribution in [0.4, 0.5) is 4.79 Å². The molecule has 2 aliphatic rings. The normalized spacial score (nSPS) is 21.2. The Labute approximate surface area is 160 Å². The van der Waals surface area contributed by atoms with E-state index in [-0.39, 0.29) is 12.1 Å². The van der Waals surface area contributed by atoms with Crippen LogP contribution in [0.5, 0.6) is 5.75 Å². The molecule has 5 heteroatoms. The summed E-state index contributed by atoms with van der Waals surface area (Å²) in [7, 11) is 1.68. The van der Waals surface area contributed by atoms with Crippen molar-refractivity contribution >= 4 is 6.03 Å². The topological polar surface area (TPSA) is 53.6 Å². The average Bonchev–Trinajstić information content (AvgIpc) is 3.32. The van der Waals surface area contributed by atoms with E-state index in [1.165, 1.54) is 16.7 Å². The third-order valence-corrected chi connectivity index (χ3v) is 5.77. The molecule has 2 unspecified atom stereocenters.